The third-order valence-electron chi connectivity index (χ3n) is 1.49. The molecular formula is C9H14O. The fourth-order valence-electron chi connectivity index (χ4n) is 0.881. The average Bonchev–Trinajstić information content (AvgIpc) is 1.81. The highest BCUT2D eigenvalue weighted by Crippen LogP contribution is 2.13. The van der Waals surface area contributed by atoms with E-state index in [4.69, 9.17) is 0 Å². The summed E-state index contributed by atoms with van der Waals surface area (Å²) in [6.45, 7) is 10.8. The molecule has 0 saturated heterocycles. The van der Waals surface area contributed by atoms with Gasteiger partial charge < -0.3 is 0 Å². The molecule has 0 heterocycles. The molecule has 1 atom stereocenters. The summed E-state index contributed by atoms with van der Waals surface area (Å²) in [5.74, 6) is 0.157. The summed E-state index contributed by atoms with van der Waals surface area (Å²) < 4.78 is 0. The van der Waals surface area contributed by atoms with Crippen molar-refractivity contribution in [3.05, 3.63) is 24.8 Å². The standard InChI is InChI=1S/C9H14O/c1-5-6-9(7(2)3)8(4)10/h5,9H,1-2,6H2,3-4H3. The molecule has 0 bridgehead atoms. The van der Waals surface area contributed by atoms with Gasteiger partial charge in [-0.1, -0.05) is 18.2 Å². The van der Waals surface area contributed by atoms with Crippen molar-refractivity contribution in [2.24, 2.45) is 5.92 Å². The number of ketones is 1. The predicted molar refractivity (Wildman–Crippen MR) is 43.8 cm³/mol. The van der Waals surface area contributed by atoms with Crippen molar-refractivity contribution in [3.63, 3.8) is 0 Å². The van der Waals surface area contributed by atoms with Gasteiger partial charge in [-0.25, -0.2) is 0 Å². The van der Waals surface area contributed by atoms with Gasteiger partial charge in [-0.3, -0.25) is 4.79 Å². The Bertz CT molecular complexity index is 142. The van der Waals surface area contributed by atoms with Crippen LogP contribution in [0.3, 0.4) is 0 Å². The van der Waals surface area contributed by atoms with Crippen LogP contribution >= 0.6 is 0 Å². The smallest absolute Gasteiger partial charge is 0.137 e. The van der Waals surface area contributed by atoms with Crippen molar-refractivity contribution in [3.8, 4) is 0 Å². The quantitative estimate of drug-likeness (QED) is 0.545. The van der Waals surface area contributed by atoms with Gasteiger partial charge in [-0.2, -0.15) is 0 Å². The highest BCUT2D eigenvalue weighted by atomic mass is 16.1. The molecule has 0 rings (SSSR count). The van der Waals surface area contributed by atoms with Crippen molar-refractivity contribution in [1.82, 2.24) is 0 Å². The summed E-state index contributed by atoms with van der Waals surface area (Å²) >= 11 is 0. The highest BCUT2D eigenvalue weighted by Gasteiger charge is 2.11. The number of rotatable bonds is 4. The van der Waals surface area contributed by atoms with Gasteiger partial charge in [0, 0.05) is 5.92 Å². The SMILES string of the molecule is C=CCC(C(=C)C)C(C)=O. The Labute approximate surface area is 62.4 Å². The predicted octanol–water partition coefficient (Wildman–Crippen LogP) is 2.34. The summed E-state index contributed by atoms with van der Waals surface area (Å²) in [5, 5.41) is 0. The normalized spacial score (nSPS) is 12.2. The second-order valence-electron chi connectivity index (χ2n) is 2.53. The van der Waals surface area contributed by atoms with Crippen LogP contribution in [-0.2, 0) is 4.79 Å². The van der Waals surface area contributed by atoms with Crippen LogP contribution in [0.2, 0.25) is 0 Å². The molecule has 1 unspecified atom stereocenters. The van der Waals surface area contributed by atoms with Gasteiger partial charge >= 0.3 is 0 Å². The molecule has 0 aliphatic heterocycles. The second-order valence-corrected chi connectivity index (χ2v) is 2.53. The molecule has 0 fully saturated rings. The molecular weight excluding hydrogens is 124 g/mol. The van der Waals surface area contributed by atoms with Crippen molar-refractivity contribution in [1.29, 1.82) is 0 Å². The van der Waals surface area contributed by atoms with E-state index >= 15 is 0 Å². The van der Waals surface area contributed by atoms with Crippen LogP contribution in [0.4, 0.5) is 0 Å². The fourth-order valence-corrected chi connectivity index (χ4v) is 0.881. The van der Waals surface area contributed by atoms with Gasteiger partial charge in [0.2, 0.25) is 0 Å². The Morgan fingerprint density at radius 1 is 1.60 bits per heavy atom. The lowest BCUT2D eigenvalue weighted by Crippen LogP contribution is -2.10. The number of carbonyl (C=O) groups excluding carboxylic acids is 1. The van der Waals surface area contributed by atoms with Gasteiger partial charge in [-0.15, -0.1) is 6.58 Å². The molecule has 0 amide bonds. The van der Waals surface area contributed by atoms with Crippen molar-refractivity contribution < 1.29 is 4.79 Å². The number of hydrogen-bond donors (Lipinski definition) is 0. The lowest BCUT2D eigenvalue weighted by Gasteiger charge is -2.09. The van der Waals surface area contributed by atoms with E-state index in [1.807, 2.05) is 6.92 Å². The van der Waals surface area contributed by atoms with Crippen LogP contribution < -0.4 is 0 Å². The minimum Gasteiger partial charge on any atom is -0.299 e. The number of hydrogen-bond acceptors (Lipinski definition) is 1. The number of allylic oxidation sites excluding steroid dienone is 2. The molecule has 0 spiro atoms. The molecule has 56 valence electrons. The van der Waals surface area contributed by atoms with E-state index in [0.717, 1.165) is 5.57 Å². The maximum Gasteiger partial charge on any atom is 0.137 e. The van der Waals surface area contributed by atoms with Gasteiger partial charge in [0.1, 0.15) is 5.78 Å². The molecule has 0 saturated carbocycles. The maximum atomic E-state index is 10.9. The van der Waals surface area contributed by atoms with E-state index < -0.39 is 0 Å². The van der Waals surface area contributed by atoms with Gasteiger partial charge in [0.15, 0.2) is 0 Å². The molecule has 0 radical (unpaired) electrons. The van der Waals surface area contributed by atoms with Crippen molar-refractivity contribution >= 4 is 5.78 Å². The zero-order chi connectivity index (χ0) is 8.15. The molecule has 0 aromatic heterocycles. The lowest BCUT2D eigenvalue weighted by atomic mass is 9.94. The minimum absolute atomic E-state index is 0.0162. The van der Waals surface area contributed by atoms with Gasteiger partial charge in [-0.05, 0) is 20.3 Å². The zero-order valence-corrected chi connectivity index (χ0v) is 6.68. The summed E-state index contributed by atoms with van der Waals surface area (Å²) in [6.07, 6.45) is 2.46. The third kappa shape index (κ3) is 2.62. The average molecular weight is 138 g/mol. The van der Waals surface area contributed by atoms with Crippen LogP contribution in [-0.4, -0.2) is 5.78 Å². The maximum absolute atomic E-state index is 10.9. The van der Waals surface area contributed by atoms with E-state index in [1.165, 1.54) is 0 Å². The van der Waals surface area contributed by atoms with E-state index in [-0.39, 0.29) is 11.7 Å². The topological polar surface area (TPSA) is 17.1 Å². The van der Waals surface area contributed by atoms with E-state index in [2.05, 4.69) is 13.2 Å². The largest absolute Gasteiger partial charge is 0.299 e. The first kappa shape index (κ1) is 9.15. The first-order chi connectivity index (χ1) is 4.59. The van der Waals surface area contributed by atoms with E-state index in [0.29, 0.717) is 6.42 Å². The molecule has 1 nitrogen and oxygen atoms in total. The summed E-state index contributed by atoms with van der Waals surface area (Å²) in [4.78, 5) is 10.9. The highest BCUT2D eigenvalue weighted by molar-refractivity contribution is 5.81. The Morgan fingerprint density at radius 3 is 2.20 bits per heavy atom. The minimum atomic E-state index is -0.0162. The molecule has 10 heavy (non-hydrogen) atoms. The van der Waals surface area contributed by atoms with Crippen LogP contribution in [0.1, 0.15) is 20.3 Å². The molecule has 1 heteroatoms. The van der Waals surface area contributed by atoms with Crippen LogP contribution in [0, 0.1) is 5.92 Å². The first-order valence-electron chi connectivity index (χ1n) is 3.36. The Morgan fingerprint density at radius 2 is 2.10 bits per heavy atom. The lowest BCUT2D eigenvalue weighted by molar-refractivity contribution is -0.119. The molecule has 0 aliphatic rings. The summed E-state index contributed by atoms with van der Waals surface area (Å²) in [7, 11) is 0. The first-order valence-corrected chi connectivity index (χ1v) is 3.36. The summed E-state index contributed by atoms with van der Waals surface area (Å²) in [6, 6.07) is 0. The van der Waals surface area contributed by atoms with Gasteiger partial charge in [0.05, 0.1) is 0 Å². The molecule has 0 aromatic rings. The number of Topliss-reactive ketones (excluding diaryl/α,β-unsaturated/α-hetero) is 1. The Balaban J connectivity index is 4.11. The van der Waals surface area contributed by atoms with Gasteiger partial charge in [0.25, 0.3) is 0 Å². The molecule has 0 N–H and O–H groups in total. The van der Waals surface area contributed by atoms with Crippen LogP contribution in [0.5, 0.6) is 0 Å². The monoisotopic (exact) mass is 138 g/mol. The second kappa shape index (κ2) is 4.04. The third-order valence-corrected chi connectivity index (χ3v) is 1.49. The van der Waals surface area contributed by atoms with E-state index in [9.17, 15) is 4.79 Å². The summed E-state index contributed by atoms with van der Waals surface area (Å²) in [5.41, 5.74) is 0.924. The van der Waals surface area contributed by atoms with Crippen molar-refractivity contribution in [2.45, 2.75) is 20.3 Å². The zero-order valence-electron chi connectivity index (χ0n) is 6.68. The van der Waals surface area contributed by atoms with Crippen LogP contribution in [0.15, 0.2) is 24.8 Å². The Hall–Kier alpha value is -0.850. The molecule has 0 aliphatic carbocycles. The number of carbonyl (C=O) groups is 1. The van der Waals surface area contributed by atoms with Crippen molar-refractivity contribution in [2.75, 3.05) is 0 Å². The van der Waals surface area contributed by atoms with Crippen LogP contribution in [0.25, 0.3) is 0 Å². The molecule has 0 aromatic carbocycles. The van der Waals surface area contributed by atoms with E-state index in [1.54, 1.807) is 13.0 Å². The fraction of sp³-hybridized carbons (Fsp3) is 0.444. The Kier molecular flexibility index (Phi) is 3.70.